The highest BCUT2D eigenvalue weighted by Crippen LogP contribution is 2.34. The smallest absolute Gasteiger partial charge is 0.137 e. The van der Waals surface area contributed by atoms with Gasteiger partial charge in [-0.05, 0) is 77.7 Å². The van der Waals surface area contributed by atoms with E-state index in [-0.39, 0.29) is 5.82 Å². The van der Waals surface area contributed by atoms with Gasteiger partial charge in [-0.2, -0.15) is 0 Å². The number of benzene rings is 1. The maximum absolute atomic E-state index is 13.4. The first kappa shape index (κ1) is 17.0. The van der Waals surface area contributed by atoms with Gasteiger partial charge in [0.1, 0.15) is 5.82 Å². The Hall–Kier alpha value is -0.410. The molecule has 0 saturated heterocycles. The molecular weight excluding hydrogens is 329 g/mol. The Kier molecular flexibility index (Phi) is 6.69. The molecule has 1 N–H and O–H groups in total. The molecular formula is C18H27BrFN. The largest absolute Gasteiger partial charge is 0.314 e. The van der Waals surface area contributed by atoms with Crippen LogP contribution in [0.5, 0.6) is 0 Å². The van der Waals surface area contributed by atoms with Crippen molar-refractivity contribution in [2.75, 3.05) is 6.54 Å². The minimum absolute atomic E-state index is 0.172. The van der Waals surface area contributed by atoms with Gasteiger partial charge in [-0.15, -0.1) is 0 Å². The number of halogens is 2. The molecule has 3 heteroatoms. The molecule has 2 rings (SSSR count). The van der Waals surface area contributed by atoms with E-state index in [1.165, 1.54) is 37.7 Å². The van der Waals surface area contributed by atoms with E-state index in [4.69, 9.17) is 0 Å². The van der Waals surface area contributed by atoms with Gasteiger partial charge in [0, 0.05) is 6.04 Å². The first-order chi connectivity index (χ1) is 10.1. The molecule has 1 saturated carbocycles. The quantitative estimate of drug-likeness (QED) is 0.727. The van der Waals surface area contributed by atoms with Gasteiger partial charge in [-0.25, -0.2) is 4.39 Å². The summed E-state index contributed by atoms with van der Waals surface area (Å²) in [4.78, 5) is 0. The van der Waals surface area contributed by atoms with Crippen LogP contribution in [0.4, 0.5) is 4.39 Å². The molecule has 0 radical (unpaired) electrons. The zero-order valence-electron chi connectivity index (χ0n) is 13.2. The van der Waals surface area contributed by atoms with E-state index in [0.29, 0.717) is 16.4 Å². The lowest BCUT2D eigenvalue weighted by Gasteiger charge is -2.37. The normalized spacial score (nSPS) is 26.0. The second-order valence-electron chi connectivity index (χ2n) is 6.34. The van der Waals surface area contributed by atoms with Crippen molar-refractivity contribution >= 4 is 15.9 Å². The van der Waals surface area contributed by atoms with Gasteiger partial charge in [-0.3, -0.25) is 0 Å². The Morgan fingerprint density at radius 1 is 1.29 bits per heavy atom. The molecule has 3 unspecified atom stereocenters. The van der Waals surface area contributed by atoms with Gasteiger partial charge in [-0.1, -0.05) is 32.8 Å². The van der Waals surface area contributed by atoms with Gasteiger partial charge in [0.25, 0.3) is 0 Å². The highest BCUT2D eigenvalue weighted by Gasteiger charge is 2.29. The van der Waals surface area contributed by atoms with E-state index < -0.39 is 0 Å². The summed E-state index contributed by atoms with van der Waals surface area (Å²) < 4.78 is 14.0. The molecule has 1 aliphatic carbocycles. The SMILES string of the molecule is CCCC1CCC(NCC)C(Cc2ccc(F)c(Br)c2)C1. The monoisotopic (exact) mass is 355 g/mol. The summed E-state index contributed by atoms with van der Waals surface area (Å²) in [7, 11) is 0. The third-order valence-corrected chi connectivity index (χ3v) is 5.34. The van der Waals surface area contributed by atoms with Crippen LogP contribution in [0.25, 0.3) is 0 Å². The first-order valence-electron chi connectivity index (χ1n) is 8.31. The van der Waals surface area contributed by atoms with Gasteiger partial charge >= 0.3 is 0 Å². The average molecular weight is 356 g/mol. The molecule has 1 nitrogen and oxygen atoms in total. The van der Waals surface area contributed by atoms with Crippen LogP contribution in [0.3, 0.4) is 0 Å². The molecule has 0 heterocycles. The maximum atomic E-state index is 13.4. The molecule has 118 valence electrons. The van der Waals surface area contributed by atoms with Crippen molar-refractivity contribution < 1.29 is 4.39 Å². The Morgan fingerprint density at radius 3 is 2.76 bits per heavy atom. The molecule has 1 aliphatic rings. The van der Waals surface area contributed by atoms with Crippen molar-refractivity contribution in [1.82, 2.24) is 5.32 Å². The standard InChI is InChI=1S/C18H27BrFN/c1-3-5-13-7-9-18(21-4-2)15(10-13)11-14-6-8-17(20)16(19)12-14/h6,8,12-13,15,18,21H,3-5,7,9-11H2,1-2H3. The van der Waals surface area contributed by atoms with Gasteiger partial charge in [0.15, 0.2) is 0 Å². The second-order valence-corrected chi connectivity index (χ2v) is 7.20. The number of rotatable bonds is 6. The van der Waals surface area contributed by atoms with E-state index in [1.807, 2.05) is 12.1 Å². The summed E-state index contributed by atoms with van der Waals surface area (Å²) in [6.07, 6.45) is 7.63. The average Bonchev–Trinajstić information content (AvgIpc) is 2.46. The van der Waals surface area contributed by atoms with Crippen LogP contribution in [0.15, 0.2) is 22.7 Å². The van der Waals surface area contributed by atoms with Crippen LogP contribution in [0, 0.1) is 17.7 Å². The summed E-state index contributed by atoms with van der Waals surface area (Å²) >= 11 is 3.30. The third-order valence-electron chi connectivity index (χ3n) is 4.74. The number of hydrogen-bond donors (Lipinski definition) is 1. The molecule has 0 spiro atoms. The van der Waals surface area contributed by atoms with Gasteiger partial charge < -0.3 is 5.32 Å². The fourth-order valence-electron chi connectivity index (χ4n) is 3.76. The third kappa shape index (κ3) is 4.79. The lowest BCUT2D eigenvalue weighted by Crippen LogP contribution is -2.41. The second kappa shape index (κ2) is 8.28. The van der Waals surface area contributed by atoms with E-state index in [0.717, 1.165) is 18.9 Å². The molecule has 1 aromatic rings. The van der Waals surface area contributed by atoms with Crippen LogP contribution < -0.4 is 5.32 Å². The Labute approximate surface area is 136 Å². The molecule has 3 atom stereocenters. The fraction of sp³-hybridized carbons (Fsp3) is 0.667. The zero-order valence-corrected chi connectivity index (χ0v) is 14.8. The first-order valence-corrected chi connectivity index (χ1v) is 9.10. The maximum Gasteiger partial charge on any atom is 0.137 e. The molecule has 0 bridgehead atoms. The van der Waals surface area contributed by atoms with E-state index in [2.05, 4.69) is 35.1 Å². The van der Waals surface area contributed by atoms with Crippen molar-refractivity contribution in [1.29, 1.82) is 0 Å². The summed E-state index contributed by atoms with van der Waals surface area (Å²) in [6.45, 7) is 5.50. The summed E-state index contributed by atoms with van der Waals surface area (Å²) in [6, 6.07) is 6.08. The van der Waals surface area contributed by atoms with Crippen molar-refractivity contribution in [2.45, 2.75) is 58.4 Å². The van der Waals surface area contributed by atoms with Crippen molar-refractivity contribution in [3.63, 3.8) is 0 Å². The van der Waals surface area contributed by atoms with Crippen LogP contribution >= 0.6 is 15.9 Å². The van der Waals surface area contributed by atoms with Crippen molar-refractivity contribution in [2.24, 2.45) is 11.8 Å². The molecule has 21 heavy (non-hydrogen) atoms. The van der Waals surface area contributed by atoms with Crippen LogP contribution in [-0.4, -0.2) is 12.6 Å². The lowest BCUT2D eigenvalue weighted by molar-refractivity contribution is 0.195. The predicted molar refractivity (Wildman–Crippen MR) is 91.0 cm³/mol. The topological polar surface area (TPSA) is 12.0 Å². The highest BCUT2D eigenvalue weighted by molar-refractivity contribution is 9.10. The summed E-state index contributed by atoms with van der Waals surface area (Å²) in [5, 5.41) is 3.66. The van der Waals surface area contributed by atoms with Crippen molar-refractivity contribution in [3.8, 4) is 0 Å². The van der Waals surface area contributed by atoms with Crippen LogP contribution in [0.2, 0.25) is 0 Å². The number of hydrogen-bond acceptors (Lipinski definition) is 1. The molecule has 0 aromatic heterocycles. The van der Waals surface area contributed by atoms with E-state index in [9.17, 15) is 4.39 Å². The van der Waals surface area contributed by atoms with Crippen molar-refractivity contribution in [3.05, 3.63) is 34.1 Å². The van der Waals surface area contributed by atoms with E-state index in [1.54, 1.807) is 6.07 Å². The molecule has 0 amide bonds. The van der Waals surface area contributed by atoms with Crippen LogP contribution in [0.1, 0.15) is 51.5 Å². The van der Waals surface area contributed by atoms with E-state index >= 15 is 0 Å². The predicted octanol–water partition coefficient (Wildman–Crippen LogP) is 5.33. The zero-order chi connectivity index (χ0) is 15.2. The van der Waals surface area contributed by atoms with Gasteiger partial charge in [0.2, 0.25) is 0 Å². The minimum Gasteiger partial charge on any atom is -0.314 e. The lowest BCUT2D eigenvalue weighted by atomic mass is 9.74. The fourth-order valence-corrected chi connectivity index (χ4v) is 4.18. The Balaban J connectivity index is 2.05. The molecule has 1 fully saturated rings. The minimum atomic E-state index is -0.172. The van der Waals surface area contributed by atoms with Gasteiger partial charge in [0.05, 0.1) is 4.47 Å². The summed E-state index contributed by atoms with van der Waals surface area (Å²) in [5.41, 5.74) is 1.24. The summed E-state index contributed by atoms with van der Waals surface area (Å²) in [5.74, 6) is 1.38. The molecule has 0 aliphatic heterocycles. The number of nitrogens with one attached hydrogen (secondary N) is 1. The highest BCUT2D eigenvalue weighted by atomic mass is 79.9. The molecule has 1 aromatic carbocycles. The Morgan fingerprint density at radius 2 is 2.10 bits per heavy atom. The van der Waals surface area contributed by atoms with Crippen LogP contribution in [-0.2, 0) is 6.42 Å². The Bertz CT molecular complexity index is 449.